The van der Waals surface area contributed by atoms with Gasteiger partial charge in [0.15, 0.2) is 9.84 Å². The molecule has 2 aromatic carbocycles. The molecule has 136 valence electrons. The first-order valence-corrected chi connectivity index (χ1v) is 10.2. The van der Waals surface area contributed by atoms with Crippen LogP contribution in [0, 0.1) is 0 Å². The van der Waals surface area contributed by atoms with Crippen molar-refractivity contribution >= 4 is 38.9 Å². The molecule has 2 amide bonds. The molecule has 6 nitrogen and oxygen atoms in total. The Bertz CT molecular complexity index is 984. The highest BCUT2D eigenvalue weighted by Gasteiger charge is 2.24. The fourth-order valence-electron chi connectivity index (χ4n) is 2.37. The highest BCUT2D eigenvalue weighted by atomic mass is 35.5. The molecule has 0 spiro atoms. The largest absolute Gasteiger partial charge is 0.349 e. The second-order valence-electron chi connectivity index (χ2n) is 6.20. The van der Waals surface area contributed by atoms with Crippen LogP contribution in [-0.2, 0) is 9.84 Å². The lowest BCUT2D eigenvalue weighted by atomic mass is 10.1. The SMILES string of the molecule is CS(=O)(=O)c1cc(C(=O)Nc2cccc(C(=O)NC3CC3)c2)ccc1Cl. The highest BCUT2D eigenvalue weighted by Crippen LogP contribution is 2.23. The van der Waals surface area contributed by atoms with Gasteiger partial charge >= 0.3 is 0 Å². The topological polar surface area (TPSA) is 92.3 Å². The van der Waals surface area contributed by atoms with Crippen molar-refractivity contribution in [1.29, 1.82) is 0 Å². The van der Waals surface area contributed by atoms with E-state index in [1.807, 2.05) is 0 Å². The molecular formula is C18H17ClN2O4S. The Morgan fingerprint density at radius 2 is 1.73 bits per heavy atom. The molecule has 1 aliphatic carbocycles. The maximum absolute atomic E-state index is 12.4. The summed E-state index contributed by atoms with van der Waals surface area (Å²) < 4.78 is 23.5. The normalized spacial score (nSPS) is 13.9. The Morgan fingerprint density at radius 1 is 1.04 bits per heavy atom. The smallest absolute Gasteiger partial charge is 0.255 e. The standard InChI is InChI=1S/C18H17ClN2O4S/c1-26(24,25)16-10-12(5-8-15(16)19)18(23)21-14-4-2-3-11(9-14)17(22)20-13-6-7-13/h2-5,8-10,13H,6-7H2,1H3,(H,20,22)(H,21,23). The average Bonchev–Trinajstić information content (AvgIpc) is 3.38. The van der Waals surface area contributed by atoms with Crippen molar-refractivity contribution in [2.75, 3.05) is 11.6 Å². The fourth-order valence-corrected chi connectivity index (χ4v) is 3.67. The minimum atomic E-state index is -3.55. The van der Waals surface area contributed by atoms with Crippen molar-refractivity contribution in [2.24, 2.45) is 0 Å². The van der Waals surface area contributed by atoms with Gasteiger partial charge in [0.05, 0.1) is 9.92 Å². The van der Waals surface area contributed by atoms with Gasteiger partial charge in [-0.1, -0.05) is 17.7 Å². The van der Waals surface area contributed by atoms with Crippen molar-refractivity contribution in [2.45, 2.75) is 23.8 Å². The van der Waals surface area contributed by atoms with Gasteiger partial charge in [-0.2, -0.15) is 0 Å². The third-order valence-corrected chi connectivity index (χ3v) is 5.47. The van der Waals surface area contributed by atoms with E-state index in [1.54, 1.807) is 24.3 Å². The molecule has 0 aliphatic heterocycles. The molecule has 26 heavy (non-hydrogen) atoms. The van der Waals surface area contributed by atoms with Crippen molar-refractivity contribution in [1.82, 2.24) is 5.32 Å². The third kappa shape index (κ3) is 4.42. The van der Waals surface area contributed by atoms with Gasteiger partial charge in [0.1, 0.15) is 0 Å². The number of hydrogen-bond acceptors (Lipinski definition) is 4. The third-order valence-electron chi connectivity index (χ3n) is 3.89. The zero-order chi connectivity index (χ0) is 18.9. The van der Waals surface area contributed by atoms with E-state index in [0.29, 0.717) is 11.3 Å². The number of anilines is 1. The van der Waals surface area contributed by atoms with Crippen LogP contribution < -0.4 is 10.6 Å². The Balaban J connectivity index is 1.79. The molecule has 0 atom stereocenters. The molecule has 3 rings (SSSR count). The van der Waals surface area contributed by atoms with Gasteiger partial charge in [-0.3, -0.25) is 9.59 Å². The van der Waals surface area contributed by atoms with E-state index < -0.39 is 15.7 Å². The molecule has 8 heteroatoms. The molecule has 1 fully saturated rings. The number of carbonyl (C=O) groups excluding carboxylic acids is 2. The predicted molar refractivity (Wildman–Crippen MR) is 99.4 cm³/mol. The maximum atomic E-state index is 12.4. The van der Waals surface area contributed by atoms with E-state index in [2.05, 4.69) is 10.6 Å². The number of nitrogens with one attached hydrogen (secondary N) is 2. The molecule has 0 heterocycles. The molecular weight excluding hydrogens is 376 g/mol. The van der Waals surface area contributed by atoms with Gasteiger partial charge in [0.25, 0.3) is 11.8 Å². The number of rotatable bonds is 5. The van der Waals surface area contributed by atoms with Crippen molar-refractivity contribution < 1.29 is 18.0 Å². The summed E-state index contributed by atoms with van der Waals surface area (Å²) >= 11 is 5.89. The van der Waals surface area contributed by atoms with Gasteiger partial charge in [-0.15, -0.1) is 0 Å². The first kappa shape index (κ1) is 18.4. The van der Waals surface area contributed by atoms with Crippen LogP contribution in [0.4, 0.5) is 5.69 Å². The monoisotopic (exact) mass is 392 g/mol. The van der Waals surface area contributed by atoms with Crippen LogP contribution in [0.1, 0.15) is 33.6 Å². The Labute approximate surface area is 156 Å². The van der Waals surface area contributed by atoms with Gasteiger partial charge in [0.2, 0.25) is 0 Å². The lowest BCUT2D eigenvalue weighted by molar-refractivity contribution is 0.0949. The Hall–Kier alpha value is -2.38. The summed E-state index contributed by atoms with van der Waals surface area (Å²) in [5.74, 6) is -0.680. The summed E-state index contributed by atoms with van der Waals surface area (Å²) in [5, 5.41) is 5.60. The second-order valence-corrected chi connectivity index (χ2v) is 8.59. The summed E-state index contributed by atoms with van der Waals surface area (Å²) in [6.45, 7) is 0. The summed E-state index contributed by atoms with van der Waals surface area (Å²) in [4.78, 5) is 24.4. The molecule has 0 bridgehead atoms. The Morgan fingerprint density at radius 3 is 2.38 bits per heavy atom. The van der Waals surface area contributed by atoms with Crippen molar-refractivity contribution in [3.8, 4) is 0 Å². The molecule has 2 N–H and O–H groups in total. The predicted octanol–water partition coefficient (Wildman–Crippen LogP) is 2.89. The number of carbonyl (C=O) groups is 2. The number of amides is 2. The number of halogens is 1. The van der Waals surface area contributed by atoms with E-state index in [4.69, 9.17) is 11.6 Å². The van der Waals surface area contributed by atoms with Crippen LogP contribution in [0.3, 0.4) is 0 Å². The van der Waals surface area contributed by atoms with Crippen molar-refractivity contribution in [3.05, 3.63) is 58.6 Å². The lowest BCUT2D eigenvalue weighted by Crippen LogP contribution is -2.25. The van der Waals surface area contributed by atoms with Gasteiger partial charge < -0.3 is 10.6 Å². The number of sulfone groups is 1. The zero-order valence-electron chi connectivity index (χ0n) is 14.0. The van der Waals surface area contributed by atoms with Crippen LogP contribution in [0.15, 0.2) is 47.4 Å². The number of hydrogen-bond donors (Lipinski definition) is 2. The van der Waals surface area contributed by atoms with Gasteiger partial charge in [0, 0.05) is 29.1 Å². The molecule has 1 aliphatic rings. The van der Waals surface area contributed by atoms with E-state index in [9.17, 15) is 18.0 Å². The lowest BCUT2D eigenvalue weighted by Gasteiger charge is -2.09. The molecule has 2 aromatic rings. The van der Waals surface area contributed by atoms with Crippen LogP contribution in [0.5, 0.6) is 0 Å². The van der Waals surface area contributed by atoms with Crippen molar-refractivity contribution in [3.63, 3.8) is 0 Å². The van der Waals surface area contributed by atoms with Crippen LogP contribution >= 0.6 is 11.6 Å². The molecule has 0 aromatic heterocycles. The minimum absolute atomic E-state index is 0.0581. The van der Waals surface area contributed by atoms with E-state index in [-0.39, 0.29) is 27.4 Å². The maximum Gasteiger partial charge on any atom is 0.255 e. The average molecular weight is 393 g/mol. The first-order valence-electron chi connectivity index (χ1n) is 7.96. The summed E-state index contributed by atoms with van der Waals surface area (Å²) in [5.41, 5.74) is 1.04. The van der Waals surface area contributed by atoms with Gasteiger partial charge in [-0.25, -0.2) is 8.42 Å². The van der Waals surface area contributed by atoms with Crippen LogP contribution in [0.25, 0.3) is 0 Å². The Kier molecular flexibility index (Phi) is 5.02. The molecule has 0 radical (unpaired) electrons. The highest BCUT2D eigenvalue weighted by molar-refractivity contribution is 7.90. The van der Waals surface area contributed by atoms with E-state index >= 15 is 0 Å². The summed E-state index contributed by atoms with van der Waals surface area (Å²) in [7, 11) is -3.55. The first-order chi connectivity index (χ1) is 12.2. The van der Waals surface area contributed by atoms with E-state index in [1.165, 1.54) is 18.2 Å². The van der Waals surface area contributed by atoms with Gasteiger partial charge in [-0.05, 0) is 49.2 Å². The number of benzene rings is 2. The second kappa shape index (κ2) is 7.09. The molecule has 1 saturated carbocycles. The molecule has 0 unspecified atom stereocenters. The summed E-state index contributed by atoms with van der Waals surface area (Å²) in [6.07, 6.45) is 3.00. The quantitative estimate of drug-likeness (QED) is 0.818. The minimum Gasteiger partial charge on any atom is -0.349 e. The molecule has 0 saturated heterocycles. The summed E-state index contributed by atoms with van der Waals surface area (Å²) in [6, 6.07) is 10.8. The fraction of sp³-hybridized carbons (Fsp3) is 0.222. The van der Waals surface area contributed by atoms with E-state index in [0.717, 1.165) is 19.1 Å². The zero-order valence-corrected chi connectivity index (χ0v) is 15.5. The van der Waals surface area contributed by atoms with Crippen LogP contribution in [0.2, 0.25) is 5.02 Å². The van der Waals surface area contributed by atoms with Crippen LogP contribution in [-0.4, -0.2) is 32.5 Å².